The van der Waals surface area contributed by atoms with Crippen molar-refractivity contribution in [3.8, 4) is 17.7 Å². The summed E-state index contributed by atoms with van der Waals surface area (Å²) in [6.45, 7) is 1.87. The molecule has 0 aliphatic rings. The van der Waals surface area contributed by atoms with Crippen molar-refractivity contribution in [1.29, 1.82) is 5.26 Å². The molecule has 0 spiro atoms. The van der Waals surface area contributed by atoms with Gasteiger partial charge in [-0.3, -0.25) is 0 Å². The molecule has 0 radical (unpaired) electrons. The van der Waals surface area contributed by atoms with Gasteiger partial charge in [0.2, 0.25) is 5.88 Å². The average Bonchev–Trinajstić information content (AvgIpc) is 2.47. The number of fused-ring (bicyclic) bond motifs is 1. The van der Waals surface area contributed by atoms with Crippen LogP contribution in [0.25, 0.3) is 10.8 Å². The molecule has 1 heterocycles. The molecule has 0 saturated heterocycles. The molecule has 3 nitrogen and oxygen atoms in total. The predicted molar refractivity (Wildman–Crippen MR) is 77.7 cm³/mol. The van der Waals surface area contributed by atoms with Gasteiger partial charge in [-0.05, 0) is 41.5 Å². The van der Waals surface area contributed by atoms with Gasteiger partial charge < -0.3 is 4.74 Å². The minimum absolute atomic E-state index is 0.350. The Labute approximate surface area is 117 Å². The smallest absolute Gasteiger partial charge is 0.237 e. The Balaban J connectivity index is 2.02. The summed E-state index contributed by atoms with van der Waals surface area (Å²) in [5.74, 6) is 1.03. The van der Waals surface area contributed by atoms with Crippen LogP contribution in [0.1, 0.15) is 11.1 Å². The van der Waals surface area contributed by atoms with Crippen LogP contribution in [0.15, 0.2) is 54.7 Å². The number of aromatic nitrogens is 1. The van der Waals surface area contributed by atoms with E-state index < -0.39 is 0 Å². The van der Waals surface area contributed by atoms with Crippen LogP contribution in [0.4, 0.5) is 0 Å². The predicted octanol–water partition coefficient (Wildman–Crippen LogP) is 4.21. The topological polar surface area (TPSA) is 45.9 Å². The number of rotatable bonds is 2. The maximum atomic E-state index is 9.18. The number of hydrogen-bond acceptors (Lipinski definition) is 3. The molecule has 0 saturated carbocycles. The molecular weight excluding hydrogens is 248 g/mol. The lowest BCUT2D eigenvalue weighted by Gasteiger charge is -2.08. The van der Waals surface area contributed by atoms with Gasteiger partial charge in [0, 0.05) is 6.20 Å². The summed E-state index contributed by atoms with van der Waals surface area (Å²) >= 11 is 0. The molecule has 0 bridgehead atoms. The monoisotopic (exact) mass is 260 g/mol. The van der Waals surface area contributed by atoms with Crippen LogP contribution in [0, 0.1) is 18.3 Å². The van der Waals surface area contributed by atoms with Crippen molar-refractivity contribution in [3.63, 3.8) is 0 Å². The zero-order valence-corrected chi connectivity index (χ0v) is 11.0. The Morgan fingerprint density at radius 3 is 2.65 bits per heavy atom. The number of nitriles is 1. The van der Waals surface area contributed by atoms with Crippen molar-refractivity contribution in [2.24, 2.45) is 0 Å². The quantitative estimate of drug-likeness (QED) is 0.693. The lowest BCUT2D eigenvalue weighted by Crippen LogP contribution is -1.94. The Morgan fingerprint density at radius 1 is 1.05 bits per heavy atom. The van der Waals surface area contributed by atoms with Crippen molar-refractivity contribution < 1.29 is 4.74 Å². The highest BCUT2D eigenvalue weighted by Crippen LogP contribution is 2.27. The van der Waals surface area contributed by atoms with E-state index in [1.165, 1.54) is 0 Å². The minimum Gasteiger partial charge on any atom is -0.438 e. The second-order valence-electron chi connectivity index (χ2n) is 4.53. The average molecular weight is 260 g/mol. The fraction of sp³-hybridized carbons (Fsp3) is 0.0588. The van der Waals surface area contributed by atoms with Crippen molar-refractivity contribution in [2.45, 2.75) is 6.92 Å². The molecule has 20 heavy (non-hydrogen) atoms. The molecule has 0 fully saturated rings. The Morgan fingerprint density at radius 2 is 1.85 bits per heavy atom. The third-order valence-electron chi connectivity index (χ3n) is 3.17. The molecule has 3 aromatic rings. The summed E-state index contributed by atoms with van der Waals surface area (Å²) in [5, 5.41) is 11.4. The first-order valence-electron chi connectivity index (χ1n) is 6.30. The molecule has 0 aliphatic carbocycles. The molecular formula is C17H12N2O. The summed E-state index contributed by atoms with van der Waals surface area (Å²) in [5.41, 5.74) is 1.33. The summed E-state index contributed by atoms with van der Waals surface area (Å²) in [6, 6.07) is 17.8. The third-order valence-corrected chi connectivity index (χ3v) is 3.17. The molecule has 0 unspecified atom stereocenters. The highest BCUT2D eigenvalue weighted by atomic mass is 16.5. The maximum Gasteiger partial charge on any atom is 0.237 e. The largest absolute Gasteiger partial charge is 0.438 e. The van der Waals surface area contributed by atoms with Gasteiger partial charge in [-0.25, -0.2) is 4.98 Å². The van der Waals surface area contributed by atoms with E-state index in [1.807, 2.05) is 49.4 Å². The van der Waals surface area contributed by atoms with Gasteiger partial charge >= 0.3 is 0 Å². The highest BCUT2D eigenvalue weighted by Gasteiger charge is 2.09. The SMILES string of the molecule is Cc1ccnc(Oc2ccc3ccccc3c2)c1C#N. The Bertz CT molecular complexity index is 819. The van der Waals surface area contributed by atoms with Crippen LogP contribution in [0.2, 0.25) is 0 Å². The Hall–Kier alpha value is -2.86. The van der Waals surface area contributed by atoms with Crippen LogP contribution in [0.5, 0.6) is 11.6 Å². The van der Waals surface area contributed by atoms with Crippen LogP contribution in [-0.4, -0.2) is 4.98 Å². The summed E-state index contributed by atoms with van der Waals surface area (Å²) in [7, 11) is 0. The van der Waals surface area contributed by atoms with E-state index >= 15 is 0 Å². The van der Waals surface area contributed by atoms with Crippen molar-refractivity contribution in [2.75, 3.05) is 0 Å². The number of benzene rings is 2. The van der Waals surface area contributed by atoms with E-state index in [2.05, 4.69) is 11.1 Å². The van der Waals surface area contributed by atoms with Gasteiger partial charge in [0.15, 0.2) is 0 Å². The zero-order valence-electron chi connectivity index (χ0n) is 11.0. The molecule has 2 aromatic carbocycles. The van der Waals surface area contributed by atoms with Crippen molar-refractivity contribution >= 4 is 10.8 Å². The number of pyridine rings is 1. The highest BCUT2D eigenvalue weighted by molar-refractivity contribution is 5.83. The molecule has 0 atom stereocenters. The van der Waals surface area contributed by atoms with Gasteiger partial charge in [-0.1, -0.05) is 30.3 Å². The fourth-order valence-corrected chi connectivity index (χ4v) is 2.09. The van der Waals surface area contributed by atoms with Crippen LogP contribution in [-0.2, 0) is 0 Å². The van der Waals surface area contributed by atoms with Crippen LogP contribution < -0.4 is 4.74 Å². The van der Waals surface area contributed by atoms with E-state index in [1.54, 1.807) is 12.3 Å². The Kier molecular flexibility index (Phi) is 3.06. The maximum absolute atomic E-state index is 9.18. The normalized spacial score (nSPS) is 10.2. The van der Waals surface area contributed by atoms with Crippen molar-refractivity contribution in [1.82, 2.24) is 4.98 Å². The standard InChI is InChI=1S/C17H12N2O/c1-12-8-9-19-17(16(12)11-18)20-15-7-6-13-4-2-3-5-14(13)10-15/h2-10H,1H3. The molecule has 0 amide bonds. The second-order valence-corrected chi connectivity index (χ2v) is 4.53. The third kappa shape index (κ3) is 2.19. The number of aryl methyl sites for hydroxylation is 1. The molecule has 96 valence electrons. The molecule has 3 rings (SSSR count). The number of nitrogens with zero attached hydrogens (tertiary/aromatic N) is 2. The van der Waals surface area contributed by atoms with Crippen LogP contribution >= 0.6 is 0 Å². The van der Waals surface area contributed by atoms with Gasteiger partial charge in [0.1, 0.15) is 17.4 Å². The van der Waals surface area contributed by atoms with E-state index in [0.717, 1.165) is 16.3 Å². The van der Waals surface area contributed by atoms with Crippen LogP contribution in [0.3, 0.4) is 0 Å². The molecule has 3 heteroatoms. The molecule has 0 N–H and O–H groups in total. The number of hydrogen-bond donors (Lipinski definition) is 0. The first-order chi connectivity index (χ1) is 9.78. The minimum atomic E-state index is 0.350. The molecule has 0 aliphatic heterocycles. The lowest BCUT2D eigenvalue weighted by molar-refractivity contribution is 0.461. The van der Waals surface area contributed by atoms with Gasteiger partial charge in [-0.2, -0.15) is 5.26 Å². The van der Waals surface area contributed by atoms with E-state index in [9.17, 15) is 5.26 Å². The molecule has 1 aromatic heterocycles. The lowest BCUT2D eigenvalue weighted by atomic mass is 10.1. The van der Waals surface area contributed by atoms with E-state index in [0.29, 0.717) is 17.2 Å². The van der Waals surface area contributed by atoms with Gasteiger partial charge in [-0.15, -0.1) is 0 Å². The second kappa shape index (κ2) is 5.02. The van der Waals surface area contributed by atoms with Crippen molar-refractivity contribution in [3.05, 3.63) is 65.9 Å². The summed E-state index contributed by atoms with van der Waals surface area (Å²) in [6.07, 6.45) is 1.65. The summed E-state index contributed by atoms with van der Waals surface area (Å²) < 4.78 is 5.76. The van der Waals surface area contributed by atoms with Gasteiger partial charge in [0.05, 0.1) is 0 Å². The van der Waals surface area contributed by atoms with Gasteiger partial charge in [0.25, 0.3) is 0 Å². The first-order valence-corrected chi connectivity index (χ1v) is 6.30. The first kappa shape index (κ1) is 12.2. The summed E-state index contributed by atoms with van der Waals surface area (Å²) in [4.78, 5) is 4.14. The van der Waals surface area contributed by atoms with E-state index in [4.69, 9.17) is 4.74 Å². The fourth-order valence-electron chi connectivity index (χ4n) is 2.09. The number of ether oxygens (including phenoxy) is 1. The van der Waals surface area contributed by atoms with E-state index in [-0.39, 0.29) is 0 Å². The zero-order chi connectivity index (χ0) is 13.9.